The number of benzene rings is 3. The number of nitrogens with zero attached hydrogens (tertiary/aromatic N) is 1. The molecule has 2 atom stereocenters. The summed E-state index contributed by atoms with van der Waals surface area (Å²) in [4.78, 5) is 7.83. The summed E-state index contributed by atoms with van der Waals surface area (Å²) in [5.74, 6) is 0.626. The lowest BCUT2D eigenvalue weighted by atomic mass is 9.87. The van der Waals surface area contributed by atoms with Crippen LogP contribution in [0.3, 0.4) is 0 Å². The fraction of sp³-hybridized carbons (Fsp3) is 0.179. The number of hydrogen-bond donors (Lipinski definition) is 0. The summed E-state index contributed by atoms with van der Waals surface area (Å²) >= 11 is 1.90. The number of hydrogen-bond acceptors (Lipinski definition) is 2. The molecule has 0 saturated heterocycles. The first-order chi connectivity index (χ1) is 14.7. The Kier molecular flexibility index (Phi) is 5.18. The van der Waals surface area contributed by atoms with Crippen molar-refractivity contribution in [2.24, 2.45) is 4.99 Å². The van der Waals surface area contributed by atoms with Crippen LogP contribution in [0.5, 0.6) is 0 Å². The fourth-order valence-electron chi connectivity index (χ4n) is 4.33. The highest BCUT2D eigenvalue weighted by Gasteiger charge is 2.27. The quantitative estimate of drug-likeness (QED) is 0.426. The third-order valence-corrected chi connectivity index (χ3v) is 7.39. The van der Waals surface area contributed by atoms with Gasteiger partial charge in [-0.15, -0.1) is 0 Å². The summed E-state index contributed by atoms with van der Waals surface area (Å²) in [6, 6.07) is 26.2. The normalized spacial score (nSPS) is 16.7. The van der Waals surface area contributed by atoms with Crippen molar-refractivity contribution in [3.8, 4) is 0 Å². The van der Waals surface area contributed by atoms with E-state index in [1.165, 1.54) is 43.5 Å². The summed E-state index contributed by atoms with van der Waals surface area (Å²) < 4.78 is 0. The molecule has 0 fully saturated rings. The Labute approximate surface area is 183 Å². The Morgan fingerprint density at radius 2 is 1.37 bits per heavy atom. The second kappa shape index (κ2) is 8.12. The highest BCUT2D eigenvalue weighted by atomic mass is 32.2. The molecule has 2 aliphatic rings. The summed E-state index contributed by atoms with van der Waals surface area (Å²) in [5.41, 5.74) is 7.72. The second-order valence-electron chi connectivity index (χ2n) is 8.01. The fourth-order valence-corrected chi connectivity index (χ4v) is 5.56. The number of rotatable bonds is 4. The molecule has 0 saturated carbocycles. The van der Waals surface area contributed by atoms with E-state index in [2.05, 4.69) is 105 Å². The van der Waals surface area contributed by atoms with Crippen molar-refractivity contribution >= 4 is 23.2 Å². The molecular weight excluding hydrogens is 382 g/mol. The first-order valence-electron chi connectivity index (χ1n) is 10.6. The highest BCUT2D eigenvalue weighted by molar-refractivity contribution is 8.04. The summed E-state index contributed by atoms with van der Waals surface area (Å²) in [6.45, 7) is 4.60. The van der Waals surface area contributed by atoms with Gasteiger partial charge in [-0.3, -0.25) is 4.99 Å². The molecule has 2 unspecified atom stereocenters. The molecule has 0 amide bonds. The zero-order chi connectivity index (χ0) is 20.5. The van der Waals surface area contributed by atoms with E-state index in [1.807, 2.05) is 11.8 Å². The largest absolute Gasteiger partial charge is 0.250 e. The van der Waals surface area contributed by atoms with Gasteiger partial charge in [0.1, 0.15) is 0 Å². The zero-order valence-corrected chi connectivity index (χ0v) is 18.2. The molecule has 1 aliphatic heterocycles. The van der Waals surface area contributed by atoms with Crippen LogP contribution in [0.25, 0.3) is 0 Å². The molecule has 0 radical (unpaired) electrons. The van der Waals surface area contributed by atoms with Gasteiger partial charge in [-0.25, -0.2) is 0 Å². The molecule has 3 aromatic rings. The van der Waals surface area contributed by atoms with Gasteiger partial charge in [0.05, 0.1) is 11.4 Å². The van der Waals surface area contributed by atoms with Crippen LogP contribution >= 0.6 is 11.8 Å². The lowest BCUT2D eigenvalue weighted by molar-refractivity contribution is 0.871. The molecule has 1 nitrogen and oxygen atoms in total. The second-order valence-corrected chi connectivity index (χ2v) is 9.06. The standard InChI is InChI=1S/C28H25NS/c1-19(21-11-5-3-6-12-21)23-17-18-24(20(2)22-13-7-4-8-14-22)28-27(23)29-25-15-9-10-16-26(25)30-28/h3-14,16-20H,15H2,1-2H3. The Bertz CT molecular complexity index is 1160. The van der Waals surface area contributed by atoms with Gasteiger partial charge < -0.3 is 0 Å². The van der Waals surface area contributed by atoms with Gasteiger partial charge in [-0.1, -0.05) is 111 Å². The summed E-state index contributed by atoms with van der Waals surface area (Å²) in [5, 5.41) is 0. The van der Waals surface area contributed by atoms with Crippen LogP contribution in [0.2, 0.25) is 0 Å². The summed E-state index contributed by atoms with van der Waals surface area (Å²) in [6.07, 6.45) is 7.48. The van der Waals surface area contributed by atoms with E-state index in [4.69, 9.17) is 4.99 Å². The van der Waals surface area contributed by atoms with Crippen molar-refractivity contribution in [3.05, 3.63) is 118 Å². The number of thioether (sulfide) groups is 1. The molecule has 148 valence electrons. The van der Waals surface area contributed by atoms with E-state index in [0.29, 0.717) is 11.8 Å². The monoisotopic (exact) mass is 407 g/mol. The lowest BCUT2D eigenvalue weighted by Crippen LogP contribution is -2.10. The smallest absolute Gasteiger partial charge is 0.0814 e. The van der Waals surface area contributed by atoms with Crippen molar-refractivity contribution in [2.45, 2.75) is 37.0 Å². The molecule has 30 heavy (non-hydrogen) atoms. The maximum atomic E-state index is 5.23. The maximum absolute atomic E-state index is 5.23. The van der Waals surface area contributed by atoms with E-state index in [0.717, 1.165) is 6.42 Å². The average molecular weight is 408 g/mol. The van der Waals surface area contributed by atoms with Crippen molar-refractivity contribution in [3.63, 3.8) is 0 Å². The van der Waals surface area contributed by atoms with Crippen molar-refractivity contribution in [2.75, 3.05) is 0 Å². The van der Waals surface area contributed by atoms with Crippen LogP contribution in [-0.4, -0.2) is 5.71 Å². The van der Waals surface area contributed by atoms with Crippen molar-refractivity contribution in [1.82, 2.24) is 0 Å². The van der Waals surface area contributed by atoms with E-state index in [-0.39, 0.29) is 0 Å². The Hall–Kier alpha value is -2.84. The van der Waals surface area contributed by atoms with Gasteiger partial charge in [-0.05, 0) is 28.3 Å². The first-order valence-corrected chi connectivity index (χ1v) is 11.4. The van der Waals surface area contributed by atoms with E-state index in [1.54, 1.807) is 0 Å². The van der Waals surface area contributed by atoms with Crippen LogP contribution in [0.4, 0.5) is 5.69 Å². The minimum atomic E-state index is 0.302. The molecule has 1 heterocycles. The Balaban J connectivity index is 1.67. The predicted octanol–water partition coefficient (Wildman–Crippen LogP) is 8.01. The highest BCUT2D eigenvalue weighted by Crippen LogP contribution is 2.50. The molecule has 1 aliphatic carbocycles. The molecule has 0 aromatic heterocycles. The van der Waals surface area contributed by atoms with Crippen LogP contribution < -0.4 is 0 Å². The molecule has 3 aromatic carbocycles. The SMILES string of the molecule is CC(c1ccccc1)c1ccc(C(C)c2ccccc2)c2c1N=C1CC=CC=C1S2. The van der Waals surface area contributed by atoms with Crippen molar-refractivity contribution < 1.29 is 0 Å². The lowest BCUT2D eigenvalue weighted by Gasteiger charge is -2.27. The van der Waals surface area contributed by atoms with Gasteiger partial charge in [-0.2, -0.15) is 0 Å². The van der Waals surface area contributed by atoms with E-state index >= 15 is 0 Å². The van der Waals surface area contributed by atoms with E-state index < -0.39 is 0 Å². The molecule has 0 N–H and O–H groups in total. The minimum absolute atomic E-state index is 0.302. The zero-order valence-electron chi connectivity index (χ0n) is 17.4. The topological polar surface area (TPSA) is 12.4 Å². The average Bonchev–Trinajstić information content (AvgIpc) is 2.82. The van der Waals surface area contributed by atoms with Gasteiger partial charge >= 0.3 is 0 Å². The maximum Gasteiger partial charge on any atom is 0.0814 e. The number of aliphatic imine (C=N–C) groups is 1. The molecule has 5 rings (SSSR count). The van der Waals surface area contributed by atoms with Gasteiger partial charge in [0.2, 0.25) is 0 Å². The number of allylic oxidation sites excluding steroid dienone is 4. The Morgan fingerprint density at radius 3 is 2.03 bits per heavy atom. The van der Waals surface area contributed by atoms with Crippen LogP contribution in [0, 0.1) is 0 Å². The van der Waals surface area contributed by atoms with Crippen LogP contribution in [0.15, 0.2) is 106 Å². The number of fused-ring (bicyclic) bond motifs is 2. The molecule has 0 spiro atoms. The van der Waals surface area contributed by atoms with Gasteiger partial charge in [0, 0.05) is 28.1 Å². The third-order valence-electron chi connectivity index (χ3n) is 6.16. The Morgan fingerprint density at radius 1 is 0.767 bits per heavy atom. The first kappa shape index (κ1) is 19.1. The molecule has 0 bridgehead atoms. The molecule has 2 heteroatoms. The van der Waals surface area contributed by atoms with Gasteiger partial charge in [0.25, 0.3) is 0 Å². The minimum Gasteiger partial charge on any atom is -0.250 e. The van der Waals surface area contributed by atoms with Gasteiger partial charge in [0.15, 0.2) is 0 Å². The summed E-state index contributed by atoms with van der Waals surface area (Å²) in [7, 11) is 0. The van der Waals surface area contributed by atoms with Crippen LogP contribution in [-0.2, 0) is 0 Å². The third kappa shape index (κ3) is 3.46. The van der Waals surface area contributed by atoms with E-state index in [9.17, 15) is 0 Å². The van der Waals surface area contributed by atoms with Crippen molar-refractivity contribution in [1.29, 1.82) is 0 Å². The molecular formula is C28H25NS. The predicted molar refractivity (Wildman–Crippen MR) is 129 cm³/mol. The van der Waals surface area contributed by atoms with Crippen LogP contribution in [0.1, 0.15) is 54.4 Å².